The zero-order chi connectivity index (χ0) is 18.8. The minimum Gasteiger partial charge on any atom is -0.497 e. The topological polar surface area (TPSA) is 29.4 Å². The van der Waals surface area contributed by atoms with Crippen molar-refractivity contribution < 1.29 is 4.74 Å². The number of methoxy groups -OCH3 is 1. The summed E-state index contributed by atoms with van der Waals surface area (Å²) in [5, 5.41) is 4.17. The highest BCUT2D eigenvalue weighted by molar-refractivity contribution is 7.80. The average Bonchev–Trinajstić information content (AvgIpc) is 3.16. The molecule has 0 spiro atoms. The van der Waals surface area contributed by atoms with Crippen molar-refractivity contribution in [2.75, 3.05) is 19.0 Å². The summed E-state index contributed by atoms with van der Waals surface area (Å²) in [5.41, 5.74) is 4.68. The summed E-state index contributed by atoms with van der Waals surface area (Å²) in [5.74, 6) is 0.858. The number of benzene rings is 2. The molecule has 1 atom stereocenters. The fourth-order valence-electron chi connectivity index (χ4n) is 3.66. The van der Waals surface area contributed by atoms with Crippen molar-refractivity contribution in [3.8, 4) is 5.75 Å². The number of anilines is 1. The van der Waals surface area contributed by atoms with Gasteiger partial charge in [0.1, 0.15) is 5.75 Å². The van der Waals surface area contributed by atoms with Crippen molar-refractivity contribution in [3.63, 3.8) is 0 Å². The number of thiocarbonyl (C=S) groups is 1. The van der Waals surface area contributed by atoms with Crippen LogP contribution in [0.5, 0.6) is 5.75 Å². The summed E-state index contributed by atoms with van der Waals surface area (Å²) in [6, 6.07) is 20.9. The number of hydrogen-bond donors (Lipinski definition) is 1. The van der Waals surface area contributed by atoms with Gasteiger partial charge in [0, 0.05) is 30.7 Å². The molecule has 0 radical (unpaired) electrons. The number of aryl methyl sites for hydroxylation is 1. The monoisotopic (exact) mass is 377 g/mol. The lowest BCUT2D eigenvalue weighted by atomic mass is 10.00. The summed E-state index contributed by atoms with van der Waals surface area (Å²) in [7, 11) is 1.69. The van der Waals surface area contributed by atoms with Crippen LogP contribution >= 0.6 is 12.2 Å². The first-order chi connectivity index (χ1) is 13.2. The van der Waals surface area contributed by atoms with Crippen LogP contribution in [0.1, 0.15) is 22.9 Å². The average molecular weight is 378 g/mol. The van der Waals surface area contributed by atoms with Gasteiger partial charge in [-0.2, -0.15) is 0 Å². The highest BCUT2D eigenvalue weighted by Crippen LogP contribution is 2.33. The summed E-state index contributed by atoms with van der Waals surface area (Å²) in [6.07, 6.45) is 2.14. The molecule has 0 bridgehead atoms. The molecule has 1 N–H and O–H groups in total. The first-order valence-electron chi connectivity index (χ1n) is 9.09. The fourth-order valence-corrected chi connectivity index (χ4v) is 3.97. The molecule has 4 rings (SSSR count). The minimum atomic E-state index is 0.0736. The van der Waals surface area contributed by atoms with Gasteiger partial charge in [-0.1, -0.05) is 24.3 Å². The maximum Gasteiger partial charge on any atom is 0.174 e. The van der Waals surface area contributed by atoms with Gasteiger partial charge in [-0.05, 0) is 66.7 Å². The minimum absolute atomic E-state index is 0.0736. The van der Waals surface area contributed by atoms with E-state index in [9.17, 15) is 0 Å². The van der Waals surface area contributed by atoms with Gasteiger partial charge < -0.3 is 19.5 Å². The Morgan fingerprint density at radius 3 is 2.63 bits per heavy atom. The first kappa shape index (κ1) is 17.6. The Balaban J connectivity index is 1.66. The van der Waals surface area contributed by atoms with E-state index >= 15 is 0 Å². The van der Waals surface area contributed by atoms with E-state index in [1.54, 1.807) is 7.11 Å². The van der Waals surface area contributed by atoms with Crippen LogP contribution in [0.4, 0.5) is 5.69 Å². The van der Waals surface area contributed by atoms with Crippen LogP contribution < -0.4 is 10.1 Å². The van der Waals surface area contributed by atoms with E-state index in [4.69, 9.17) is 17.0 Å². The highest BCUT2D eigenvalue weighted by atomic mass is 32.1. The largest absolute Gasteiger partial charge is 0.497 e. The van der Waals surface area contributed by atoms with E-state index in [1.165, 1.54) is 16.8 Å². The van der Waals surface area contributed by atoms with E-state index in [1.807, 2.05) is 24.3 Å². The van der Waals surface area contributed by atoms with E-state index in [2.05, 4.69) is 64.3 Å². The van der Waals surface area contributed by atoms with Gasteiger partial charge in [0.2, 0.25) is 0 Å². The third kappa shape index (κ3) is 3.55. The van der Waals surface area contributed by atoms with Crippen LogP contribution in [0.25, 0.3) is 0 Å². The van der Waals surface area contributed by atoms with E-state index in [0.29, 0.717) is 0 Å². The Bertz CT molecular complexity index is 948. The Kier molecular flexibility index (Phi) is 4.86. The SMILES string of the molecule is COc1ccc([C@@H]2c3cccn3CCN2C(=S)Nc2cccc(C)c2)cc1. The second-order valence-electron chi connectivity index (χ2n) is 6.80. The lowest BCUT2D eigenvalue weighted by Gasteiger charge is -2.39. The highest BCUT2D eigenvalue weighted by Gasteiger charge is 2.30. The molecule has 0 unspecified atom stereocenters. The van der Waals surface area contributed by atoms with E-state index < -0.39 is 0 Å². The van der Waals surface area contributed by atoms with Crippen molar-refractivity contribution in [1.82, 2.24) is 9.47 Å². The van der Waals surface area contributed by atoms with E-state index in [-0.39, 0.29) is 6.04 Å². The molecule has 27 heavy (non-hydrogen) atoms. The molecule has 3 aromatic rings. The lowest BCUT2D eigenvalue weighted by Crippen LogP contribution is -2.44. The smallest absolute Gasteiger partial charge is 0.174 e. The quantitative estimate of drug-likeness (QED) is 0.675. The number of hydrogen-bond acceptors (Lipinski definition) is 2. The van der Waals surface area contributed by atoms with E-state index in [0.717, 1.165) is 29.6 Å². The Morgan fingerprint density at radius 1 is 1.07 bits per heavy atom. The van der Waals surface area contributed by atoms with Crippen LogP contribution in [0.15, 0.2) is 66.9 Å². The van der Waals surface area contributed by atoms with Crippen molar-refractivity contribution >= 4 is 23.0 Å². The van der Waals surface area contributed by atoms with Gasteiger partial charge in [0.15, 0.2) is 5.11 Å². The molecule has 0 saturated heterocycles. The second-order valence-corrected chi connectivity index (χ2v) is 7.18. The van der Waals surface area contributed by atoms with Crippen LogP contribution in [-0.2, 0) is 6.54 Å². The Hall–Kier alpha value is -2.79. The predicted octanol–water partition coefficient (Wildman–Crippen LogP) is 4.61. The number of fused-ring (bicyclic) bond motifs is 1. The standard InChI is InChI=1S/C22H23N3OS/c1-16-5-3-6-18(15-16)23-22(27)25-14-13-24-12-4-7-20(24)21(25)17-8-10-19(26-2)11-9-17/h3-12,15,21H,13-14H2,1-2H3,(H,23,27)/t21-/m1/s1. The Labute approximate surface area is 165 Å². The molecule has 2 aromatic carbocycles. The van der Waals surface area contributed by atoms with Crippen LogP contribution in [0, 0.1) is 6.92 Å². The molecule has 0 aliphatic carbocycles. The maximum absolute atomic E-state index is 5.81. The van der Waals surface area contributed by atoms with Crippen LogP contribution in [0.2, 0.25) is 0 Å². The molecule has 4 nitrogen and oxygen atoms in total. The first-order valence-corrected chi connectivity index (χ1v) is 9.50. The summed E-state index contributed by atoms with van der Waals surface area (Å²) >= 11 is 5.81. The molecule has 1 aliphatic heterocycles. The number of aromatic nitrogens is 1. The van der Waals surface area contributed by atoms with Gasteiger partial charge in [-0.25, -0.2) is 0 Å². The van der Waals surface area contributed by atoms with Crippen LogP contribution in [-0.4, -0.2) is 28.2 Å². The normalized spacial score (nSPS) is 15.9. The molecule has 0 fully saturated rings. The van der Waals surface area contributed by atoms with Crippen molar-refractivity contribution in [2.24, 2.45) is 0 Å². The van der Waals surface area contributed by atoms with Crippen molar-refractivity contribution in [3.05, 3.63) is 83.7 Å². The zero-order valence-corrected chi connectivity index (χ0v) is 16.4. The fraction of sp³-hybridized carbons (Fsp3) is 0.227. The number of nitrogens with one attached hydrogen (secondary N) is 1. The number of nitrogens with zero attached hydrogens (tertiary/aromatic N) is 2. The number of ether oxygens (including phenoxy) is 1. The molecular weight excluding hydrogens is 354 g/mol. The second kappa shape index (κ2) is 7.45. The predicted molar refractivity (Wildman–Crippen MR) is 113 cm³/mol. The maximum atomic E-state index is 5.81. The van der Waals surface area contributed by atoms with Gasteiger partial charge >= 0.3 is 0 Å². The number of rotatable bonds is 3. The zero-order valence-electron chi connectivity index (χ0n) is 15.6. The summed E-state index contributed by atoms with van der Waals surface area (Å²) in [6.45, 7) is 3.86. The summed E-state index contributed by atoms with van der Waals surface area (Å²) in [4.78, 5) is 2.27. The lowest BCUT2D eigenvalue weighted by molar-refractivity contribution is 0.293. The van der Waals surface area contributed by atoms with Crippen molar-refractivity contribution in [2.45, 2.75) is 19.5 Å². The third-order valence-corrected chi connectivity index (χ3v) is 5.34. The van der Waals surface area contributed by atoms with Crippen LogP contribution in [0.3, 0.4) is 0 Å². The molecule has 0 amide bonds. The molecular formula is C22H23N3OS. The molecule has 0 saturated carbocycles. The summed E-state index contributed by atoms with van der Waals surface area (Å²) < 4.78 is 7.62. The molecule has 1 aliphatic rings. The van der Waals surface area contributed by atoms with Gasteiger partial charge in [0.05, 0.1) is 13.2 Å². The Morgan fingerprint density at radius 2 is 1.89 bits per heavy atom. The molecule has 1 aromatic heterocycles. The van der Waals surface area contributed by atoms with Crippen molar-refractivity contribution in [1.29, 1.82) is 0 Å². The molecule has 5 heteroatoms. The van der Waals surface area contributed by atoms with Gasteiger partial charge in [0.25, 0.3) is 0 Å². The molecule has 2 heterocycles. The van der Waals surface area contributed by atoms with Gasteiger partial charge in [-0.15, -0.1) is 0 Å². The van der Waals surface area contributed by atoms with Gasteiger partial charge in [-0.3, -0.25) is 0 Å². The molecule has 138 valence electrons. The third-order valence-electron chi connectivity index (χ3n) is 5.00.